The molecule has 37 heavy (non-hydrogen) atoms. The van der Waals surface area contributed by atoms with Crippen LogP contribution in [-0.4, -0.2) is 39.7 Å². The number of hydrazine groups is 1. The fourth-order valence-corrected chi connectivity index (χ4v) is 4.70. The lowest BCUT2D eigenvalue weighted by Crippen LogP contribution is -2.58. The summed E-state index contributed by atoms with van der Waals surface area (Å²) >= 11 is 0. The SMILES string of the molecule is CC(=O)NN1Cc2ccccc2C[C@H]1C(=O)N[C@@H](CCc1ccccc1)C(=O)c1nc2ccccc2o1. The molecule has 2 atom stereocenters. The molecule has 0 fully saturated rings. The third-order valence-corrected chi connectivity index (χ3v) is 6.55. The van der Waals surface area contributed by atoms with E-state index in [1.54, 1.807) is 17.1 Å². The van der Waals surface area contributed by atoms with E-state index in [4.69, 9.17) is 4.42 Å². The molecule has 2 N–H and O–H groups in total. The van der Waals surface area contributed by atoms with Crippen LogP contribution < -0.4 is 10.7 Å². The number of oxazole rings is 1. The molecule has 188 valence electrons. The van der Waals surface area contributed by atoms with Crippen molar-refractivity contribution in [2.45, 2.75) is 44.8 Å². The smallest absolute Gasteiger partial charge is 0.266 e. The molecule has 5 rings (SSSR count). The number of rotatable bonds is 8. The molecule has 8 nitrogen and oxygen atoms in total. The minimum absolute atomic E-state index is 0.0349. The molecule has 0 aliphatic carbocycles. The quantitative estimate of drug-likeness (QED) is 0.361. The summed E-state index contributed by atoms with van der Waals surface area (Å²) in [5.41, 5.74) is 7.01. The summed E-state index contributed by atoms with van der Waals surface area (Å²) in [6.45, 7) is 1.80. The maximum atomic E-state index is 13.6. The van der Waals surface area contributed by atoms with Gasteiger partial charge in [-0.2, -0.15) is 0 Å². The van der Waals surface area contributed by atoms with Crippen molar-refractivity contribution in [1.82, 2.24) is 20.7 Å². The van der Waals surface area contributed by atoms with E-state index < -0.39 is 12.1 Å². The fraction of sp³-hybridized carbons (Fsp3) is 0.241. The Bertz CT molecular complexity index is 1400. The first-order valence-electron chi connectivity index (χ1n) is 12.3. The van der Waals surface area contributed by atoms with Crippen LogP contribution in [0.3, 0.4) is 0 Å². The average Bonchev–Trinajstić information content (AvgIpc) is 3.35. The third kappa shape index (κ3) is 5.59. The number of fused-ring (bicyclic) bond motifs is 2. The molecular formula is C29H28N4O4. The molecule has 0 radical (unpaired) electrons. The Balaban J connectivity index is 1.40. The molecule has 1 aromatic heterocycles. The summed E-state index contributed by atoms with van der Waals surface area (Å²) in [4.78, 5) is 43.4. The van der Waals surface area contributed by atoms with Crippen LogP contribution in [0, 0.1) is 0 Å². The van der Waals surface area contributed by atoms with E-state index in [0.29, 0.717) is 36.9 Å². The van der Waals surface area contributed by atoms with Gasteiger partial charge in [-0.25, -0.2) is 9.99 Å². The zero-order chi connectivity index (χ0) is 25.8. The van der Waals surface area contributed by atoms with Gasteiger partial charge >= 0.3 is 0 Å². The molecule has 8 heteroatoms. The van der Waals surface area contributed by atoms with E-state index in [1.807, 2.05) is 66.7 Å². The number of amides is 2. The monoisotopic (exact) mass is 496 g/mol. The van der Waals surface area contributed by atoms with Crippen molar-refractivity contribution < 1.29 is 18.8 Å². The number of para-hydroxylation sites is 2. The van der Waals surface area contributed by atoms with Crippen molar-refractivity contribution in [1.29, 1.82) is 0 Å². The molecule has 0 unspecified atom stereocenters. The van der Waals surface area contributed by atoms with E-state index in [0.717, 1.165) is 16.7 Å². The van der Waals surface area contributed by atoms with Crippen LogP contribution in [0.4, 0.5) is 0 Å². The van der Waals surface area contributed by atoms with Crippen LogP contribution in [0.2, 0.25) is 0 Å². The van der Waals surface area contributed by atoms with Crippen molar-refractivity contribution in [3.05, 3.63) is 101 Å². The third-order valence-electron chi connectivity index (χ3n) is 6.55. The van der Waals surface area contributed by atoms with Crippen molar-refractivity contribution in [3.8, 4) is 0 Å². The summed E-state index contributed by atoms with van der Waals surface area (Å²) in [5.74, 6) is -1.03. The largest absolute Gasteiger partial charge is 0.434 e. The van der Waals surface area contributed by atoms with Crippen LogP contribution in [0.1, 0.15) is 40.7 Å². The first-order chi connectivity index (χ1) is 18.0. The van der Waals surface area contributed by atoms with E-state index in [9.17, 15) is 14.4 Å². The number of benzene rings is 3. The second-order valence-corrected chi connectivity index (χ2v) is 9.22. The molecule has 1 aliphatic rings. The van der Waals surface area contributed by atoms with Gasteiger partial charge in [0, 0.05) is 13.5 Å². The average molecular weight is 497 g/mol. The van der Waals surface area contributed by atoms with E-state index in [2.05, 4.69) is 15.7 Å². The Morgan fingerprint density at radius 1 is 0.973 bits per heavy atom. The highest BCUT2D eigenvalue weighted by Gasteiger charge is 2.35. The number of ketones is 1. The number of nitrogens with zero attached hydrogens (tertiary/aromatic N) is 2. The molecule has 3 aromatic carbocycles. The fourth-order valence-electron chi connectivity index (χ4n) is 4.70. The van der Waals surface area contributed by atoms with Gasteiger partial charge in [-0.3, -0.25) is 19.8 Å². The van der Waals surface area contributed by atoms with Crippen LogP contribution in [-0.2, 0) is 29.0 Å². The lowest BCUT2D eigenvalue weighted by atomic mass is 9.94. The predicted molar refractivity (Wildman–Crippen MR) is 138 cm³/mol. The number of hydrogen-bond donors (Lipinski definition) is 2. The molecule has 2 amide bonds. The molecule has 1 aliphatic heterocycles. The molecule has 0 bridgehead atoms. The summed E-state index contributed by atoms with van der Waals surface area (Å²) in [5, 5.41) is 4.59. The van der Waals surface area contributed by atoms with Crippen molar-refractivity contribution >= 4 is 28.7 Å². The highest BCUT2D eigenvalue weighted by Crippen LogP contribution is 2.23. The molecule has 2 heterocycles. The van der Waals surface area contributed by atoms with E-state index >= 15 is 0 Å². The number of Topliss-reactive ketones (excluding diaryl/α,β-unsaturated/α-hetero) is 1. The van der Waals surface area contributed by atoms with Gasteiger partial charge < -0.3 is 9.73 Å². The van der Waals surface area contributed by atoms with E-state index in [-0.39, 0.29) is 23.5 Å². The number of aryl methyl sites for hydroxylation is 1. The zero-order valence-electron chi connectivity index (χ0n) is 20.5. The number of carbonyl (C=O) groups is 3. The van der Waals surface area contributed by atoms with Crippen molar-refractivity contribution in [2.75, 3.05) is 0 Å². The number of aromatic nitrogens is 1. The van der Waals surface area contributed by atoms with Gasteiger partial charge in [-0.05, 0) is 48.1 Å². The van der Waals surface area contributed by atoms with E-state index in [1.165, 1.54) is 6.92 Å². The maximum absolute atomic E-state index is 13.6. The first-order valence-corrected chi connectivity index (χ1v) is 12.3. The van der Waals surface area contributed by atoms with Crippen LogP contribution in [0.15, 0.2) is 83.3 Å². The Morgan fingerprint density at radius 3 is 2.43 bits per heavy atom. The van der Waals surface area contributed by atoms with Crippen LogP contribution >= 0.6 is 0 Å². The number of carbonyl (C=O) groups excluding carboxylic acids is 3. The van der Waals surface area contributed by atoms with Gasteiger partial charge in [0.25, 0.3) is 5.89 Å². The van der Waals surface area contributed by atoms with Gasteiger partial charge in [0.15, 0.2) is 5.58 Å². The minimum atomic E-state index is -0.850. The number of hydrogen-bond acceptors (Lipinski definition) is 6. The van der Waals surface area contributed by atoms with Gasteiger partial charge in [0.2, 0.25) is 17.6 Å². The first kappa shape index (κ1) is 24.4. The second-order valence-electron chi connectivity index (χ2n) is 9.22. The highest BCUT2D eigenvalue weighted by atomic mass is 16.4. The van der Waals surface area contributed by atoms with Crippen LogP contribution in [0.5, 0.6) is 0 Å². The van der Waals surface area contributed by atoms with Gasteiger partial charge in [0.1, 0.15) is 11.6 Å². The zero-order valence-corrected chi connectivity index (χ0v) is 20.5. The summed E-state index contributed by atoms with van der Waals surface area (Å²) < 4.78 is 5.73. The van der Waals surface area contributed by atoms with Gasteiger partial charge in [-0.15, -0.1) is 0 Å². The van der Waals surface area contributed by atoms with Gasteiger partial charge in [-0.1, -0.05) is 66.7 Å². The molecular weight excluding hydrogens is 468 g/mol. The molecule has 0 saturated heterocycles. The van der Waals surface area contributed by atoms with Crippen molar-refractivity contribution in [2.24, 2.45) is 0 Å². The minimum Gasteiger partial charge on any atom is -0.434 e. The summed E-state index contributed by atoms with van der Waals surface area (Å²) in [6, 6.07) is 23.3. The maximum Gasteiger partial charge on any atom is 0.266 e. The van der Waals surface area contributed by atoms with Gasteiger partial charge in [0.05, 0.1) is 6.04 Å². The lowest BCUT2D eigenvalue weighted by Gasteiger charge is -2.36. The van der Waals surface area contributed by atoms with Crippen molar-refractivity contribution in [3.63, 3.8) is 0 Å². The van der Waals surface area contributed by atoms with Crippen LogP contribution in [0.25, 0.3) is 11.1 Å². The normalized spacial score (nSPS) is 16.1. The Kier molecular flexibility index (Phi) is 7.09. The summed E-state index contributed by atoms with van der Waals surface area (Å²) in [6.07, 6.45) is 1.36. The topological polar surface area (TPSA) is 105 Å². The molecule has 0 spiro atoms. The predicted octanol–water partition coefficient (Wildman–Crippen LogP) is 3.61. The Hall–Kier alpha value is -4.30. The highest BCUT2D eigenvalue weighted by molar-refractivity contribution is 6.00. The summed E-state index contributed by atoms with van der Waals surface area (Å²) in [7, 11) is 0. The Morgan fingerprint density at radius 2 is 1.68 bits per heavy atom. The lowest BCUT2D eigenvalue weighted by molar-refractivity contribution is -0.133. The Labute approximate surface area is 214 Å². The number of nitrogens with one attached hydrogen (secondary N) is 2. The molecule has 4 aromatic rings. The standard InChI is InChI=1S/C29H28N4O4/c1-19(34)32-33-18-22-12-6-5-11-21(22)17-25(33)28(36)30-24(16-15-20-9-3-2-4-10-20)27(35)29-31-23-13-7-8-14-26(23)37-29/h2-14,24-25H,15-18H2,1H3,(H,30,36)(H,32,34)/t24-,25-/m0/s1. The molecule has 0 saturated carbocycles. The second kappa shape index (κ2) is 10.8.